The molecular formula is C23H24N6O2S. The van der Waals surface area contributed by atoms with Crippen molar-refractivity contribution in [1.82, 2.24) is 30.0 Å². The van der Waals surface area contributed by atoms with E-state index in [0.29, 0.717) is 17.5 Å². The zero-order chi connectivity index (χ0) is 21.8. The topological polar surface area (TPSA) is 80.3 Å². The summed E-state index contributed by atoms with van der Waals surface area (Å²) in [6.07, 6.45) is 1.62. The average molecular weight is 449 g/mol. The minimum atomic E-state index is 0.118. The molecule has 1 aliphatic heterocycles. The van der Waals surface area contributed by atoms with Crippen LogP contribution in [0.5, 0.6) is 0 Å². The average Bonchev–Trinajstić information content (AvgIpc) is 3.51. The maximum absolute atomic E-state index is 12.8. The number of tetrazole rings is 1. The third-order valence-electron chi connectivity index (χ3n) is 5.71. The molecule has 2 aromatic heterocycles. The Hall–Kier alpha value is -3.17. The van der Waals surface area contributed by atoms with Gasteiger partial charge in [0, 0.05) is 32.7 Å². The fourth-order valence-electron chi connectivity index (χ4n) is 3.99. The standard InChI is InChI=1S/C23H24N6O2S/c30-22(17-32-23-24-25-26-29(23)16-20-8-4-14-31-20)28-12-10-27(11-13-28)15-19-7-3-6-18-5-1-2-9-21(18)19/h1-9,14H,10-13,15-17H2. The van der Waals surface area contributed by atoms with Crippen molar-refractivity contribution in [3.63, 3.8) is 0 Å². The number of hydrogen-bond donors (Lipinski definition) is 0. The minimum Gasteiger partial charge on any atom is -0.467 e. The third-order valence-corrected chi connectivity index (χ3v) is 6.65. The Bertz CT molecular complexity index is 1180. The van der Waals surface area contributed by atoms with E-state index in [9.17, 15) is 4.79 Å². The molecule has 0 atom stereocenters. The molecule has 1 saturated heterocycles. The van der Waals surface area contributed by atoms with Crippen molar-refractivity contribution in [2.75, 3.05) is 31.9 Å². The number of piperazine rings is 1. The molecule has 0 bridgehead atoms. The predicted octanol–water partition coefficient (Wildman–Crippen LogP) is 2.90. The van der Waals surface area contributed by atoms with Crippen LogP contribution in [-0.2, 0) is 17.9 Å². The number of rotatable bonds is 7. The van der Waals surface area contributed by atoms with Gasteiger partial charge in [-0.15, -0.1) is 5.10 Å². The number of carbonyl (C=O) groups excluding carboxylic acids is 1. The summed E-state index contributed by atoms with van der Waals surface area (Å²) in [6, 6.07) is 18.7. The first-order chi connectivity index (χ1) is 15.8. The lowest BCUT2D eigenvalue weighted by atomic mass is 10.0. The Morgan fingerprint density at radius 1 is 0.969 bits per heavy atom. The van der Waals surface area contributed by atoms with Gasteiger partial charge in [-0.25, -0.2) is 4.68 Å². The molecule has 0 saturated carbocycles. The highest BCUT2D eigenvalue weighted by atomic mass is 32.2. The van der Waals surface area contributed by atoms with E-state index in [1.807, 2.05) is 17.0 Å². The van der Waals surface area contributed by atoms with Gasteiger partial charge in [0.25, 0.3) is 0 Å². The molecule has 3 heterocycles. The summed E-state index contributed by atoms with van der Waals surface area (Å²) in [5.74, 6) is 1.21. The second-order valence-corrected chi connectivity index (χ2v) is 8.72. The molecule has 5 rings (SSSR count). The molecule has 32 heavy (non-hydrogen) atoms. The van der Waals surface area contributed by atoms with Gasteiger partial charge in [-0.3, -0.25) is 9.69 Å². The summed E-state index contributed by atoms with van der Waals surface area (Å²) >= 11 is 1.36. The number of furan rings is 1. The summed E-state index contributed by atoms with van der Waals surface area (Å²) in [6.45, 7) is 4.57. The Morgan fingerprint density at radius 3 is 2.66 bits per heavy atom. The van der Waals surface area contributed by atoms with Crippen LogP contribution in [0.15, 0.2) is 70.4 Å². The van der Waals surface area contributed by atoms with Crippen LogP contribution < -0.4 is 0 Å². The quantitative estimate of drug-likeness (QED) is 0.402. The van der Waals surface area contributed by atoms with Gasteiger partial charge in [-0.05, 0) is 38.9 Å². The van der Waals surface area contributed by atoms with Crippen molar-refractivity contribution >= 4 is 28.4 Å². The van der Waals surface area contributed by atoms with Crippen molar-refractivity contribution in [3.8, 4) is 0 Å². The van der Waals surface area contributed by atoms with Gasteiger partial charge in [-0.1, -0.05) is 54.2 Å². The van der Waals surface area contributed by atoms with Crippen LogP contribution in [-0.4, -0.2) is 67.8 Å². The fraction of sp³-hybridized carbons (Fsp3) is 0.304. The number of fused-ring (bicyclic) bond motifs is 1. The zero-order valence-corrected chi connectivity index (χ0v) is 18.4. The lowest BCUT2D eigenvalue weighted by Crippen LogP contribution is -2.48. The van der Waals surface area contributed by atoms with Crippen LogP contribution in [0.3, 0.4) is 0 Å². The Kier molecular flexibility index (Phi) is 6.17. The maximum atomic E-state index is 12.8. The normalized spacial score (nSPS) is 14.8. The molecule has 1 fully saturated rings. The number of hydrogen-bond acceptors (Lipinski definition) is 7. The minimum absolute atomic E-state index is 0.118. The van der Waals surface area contributed by atoms with Gasteiger partial charge >= 0.3 is 0 Å². The lowest BCUT2D eigenvalue weighted by Gasteiger charge is -2.35. The first kappa shape index (κ1) is 20.7. The molecule has 9 heteroatoms. The van der Waals surface area contributed by atoms with Crippen LogP contribution in [0, 0.1) is 0 Å². The number of benzene rings is 2. The van der Waals surface area contributed by atoms with Gasteiger partial charge in [0.05, 0.1) is 12.0 Å². The molecule has 0 radical (unpaired) electrons. The molecule has 1 aliphatic rings. The molecule has 0 unspecified atom stereocenters. The predicted molar refractivity (Wildman–Crippen MR) is 122 cm³/mol. The number of thioether (sulfide) groups is 1. The van der Waals surface area contributed by atoms with Crippen molar-refractivity contribution < 1.29 is 9.21 Å². The van der Waals surface area contributed by atoms with E-state index in [1.54, 1.807) is 10.9 Å². The third kappa shape index (κ3) is 4.68. The van der Waals surface area contributed by atoms with Crippen molar-refractivity contribution in [2.24, 2.45) is 0 Å². The lowest BCUT2D eigenvalue weighted by molar-refractivity contribution is -0.130. The molecule has 1 amide bonds. The molecule has 0 aliphatic carbocycles. The molecule has 0 N–H and O–H groups in total. The van der Waals surface area contributed by atoms with Crippen molar-refractivity contribution in [3.05, 3.63) is 72.2 Å². The summed E-state index contributed by atoms with van der Waals surface area (Å²) in [5, 5.41) is 15.0. The molecule has 0 spiro atoms. The van der Waals surface area contributed by atoms with E-state index < -0.39 is 0 Å². The van der Waals surface area contributed by atoms with Crippen LogP contribution >= 0.6 is 11.8 Å². The molecule has 8 nitrogen and oxygen atoms in total. The van der Waals surface area contributed by atoms with E-state index in [0.717, 1.165) is 38.5 Å². The van der Waals surface area contributed by atoms with E-state index in [1.165, 1.54) is 28.1 Å². The Labute approximate surface area is 190 Å². The Balaban J connectivity index is 1.12. The van der Waals surface area contributed by atoms with E-state index >= 15 is 0 Å². The molecule has 164 valence electrons. The number of carbonyl (C=O) groups is 1. The van der Waals surface area contributed by atoms with E-state index in [2.05, 4.69) is 62.9 Å². The summed E-state index contributed by atoms with van der Waals surface area (Å²) in [7, 11) is 0. The van der Waals surface area contributed by atoms with Crippen LogP contribution in [0.25, 0.3) is 10.8 Å². The second kappa shape index (κ2) is 9.54. The van der Waals surface area contributed by atoms with E-state index in [4.69, 9.17) is 4.42 Å². The second-order valence-electron chi connectivity index (χ2n) is 7.78. The molecule has 4 aromatic rings. The number of amides is 1. The zero-order valence-electron chi connectivity index (χ0n) is 17.6. The van der Waals surface area contributed by atoms with Gasteiger partial charge in [0.1, 0.15) is 12.3 Å². The van der Waals surface area contributed by atoms with Crippen molar-refractivity contribution in [1.29, 1.82) is 0 Å². The summed E-state index contributed by atoms with van der Waals surface area (Å²) < 4.78 is 7.01. The first-order valence-corrected chi connectivity index (χ1v) is 11.6. The fourth-order valence-corrected chi connectivity index (χ4v) is 4.77. The van der Waals surface area contributed by atoms with Gasteiger partial charge in [0.2, 0.25) is 11.1 Å². The van der Waals surface area contributed by atoms with Gasteiger partial charge in [0.15, 0.2) is 0 Å². The maximum Gasteiger partial charge on any atom is 0.233 e. The monoisotopic (exact) mass is 448 g/mol. The number of aromatic nitrogens is 4. The van der Waals surface area contributed by atoms with E-state index in [-0.39, 0.29) is 5.91 Å². The highest BCUT2D eigenvalue weighted by molar-refractivity contribution is 7.99. The van der Waals surface area contributed by atoms with Gasteiger partial charge in [-0.2, -0.15) is 0 Å². The largest absolute Gasteiger partial charge is 0.467 e. The van der Waals surface area contributed by atoms with Gasteiger partial charge < -0.3 is 9.32 Å². The highest BCUT2D eigenvalue weighted by Gasteiger charge is 2.22. The SMILES string of the molecule is O=C(CSc1nnnn1Cc1ccco1)N1CCN(Cc2cccc3ccccc23)CC1. The highest BCUT2D eigenvalue weighted by Crippen LogP contribution is 2.21. The molecular weight excluding hydrogens is 424 g/mol. The first-order valence-electron chi connectivity index (χ1n) is 10.6. The van der Waals surface area contributed by atoms with Crippen molar-refractivity contribution in [2.45, 2.75) is 18.2 Å². The van der Waals surface area contributed by atoms with Crippen LogP contribution in [0.1, 0.15) is 11.3 Å². The number of nitrogens with zero attached hydrogens (tertiary/aromatic N) is 6. The summed E-state index contributed by atoms with van der Waals surface area (Å²) in [5.41, 5.74) is 1.34. The summed E-state index contributed by atoms with van der Waals surface area (Å²) in [4.78, 5) is 17.1. The van der Waals surface area contributed by atoms with Crippen LogP contribution in [0.4, 0.5) is 0 Å². The Morgan fingerprint density at radius 2 is 1.81 bits per heavy atom. The van der Waals surface area contributed by atoms with Crippen LogP contribution in [0.2, 0.25) is 0 Å². The molecule has 2 aromatic carbocycles. The smallest absolute Gasteiger partial charge is 0.233 e.